The molecule has 104 valence electrons. The topological polar surface area (TPSA) is 94.0 Å². The largest absolute Gasteiger partial charge is 0.408 e. The summed E-state index contributed by atoms with van der Waals surface area (Å²) in [4.78, 5) is 12.3. The predicted octanol–water partition coefficient (Wildman–Crippen LogP) is 1.79. The minimum Gasteiger partial charge on any atom is -0.408 e. The smallest absolute Gasteiger partial charge is 0.322 e. The van der Waals surface area contributed by atoms with Gasteiger partial charge >= 0.3 is 6.01 Å². The van der Waals surface area contributed by atoms with Gasteiger partial charge in [-0.1, -0.05) is 24.9 Å². The summed E-state index contributed by atoms with van der Waals surface area (Å²) < 4.78 is 5.43. The highest BCUT2D eigenvalue weighted by atomic mass is 16.4. The molecule has 2 aliphatic rings. The van der Waals surface area contributed by atoms with Gasteiger partial charge in [0.2, 0.25) is 11.8 Å². The number of hydrogen-bond acceptors (Lipinski definition) is 5. The zero-order valence-electron chi connectivity index (χ0n) is 11.2. The van der Waals surface area contributed by atoms with Gasteiger partial charge in [0.1, 0.15) is 0 Å². The van der Waals surface area contributed by atoms with Crippen molar-refractivity contribution in [1.82, 2.24) is 10.2 Å². The van der Waals surface area contributed by atoms with Gasteiger partial charge in [0, 0.05) is 5.92 Å². The van der Waals surface area contributed by atoms with E-state index in [0.717, 1.165) is 25.7 Å². The molecule has 0 bridgehead atoms. The van der Waals surface area contributed by atoms with Crippen molar-refractivity contribution in [3.8, 4) is 0 Å². The van der Waals surface area contributed by atoms with Crippen LogP contribution in [0.3, 0.4) is 0 Å². The van der Waals surface area contributed by atoms with E-state index in [2.05, 4.69) is 22.4 Å². The van der Waals surface area contributed by atoms with E-state index in [4.69, 9.17) is 10.2 Å². The zero-order valence-corrected chi connectivity index (χ0v) is 11.2. The van der Waals surface area contributed by atoms with Crippen molar-refractivity contribution in [1.29, 1.82) is 0 Å². The lowest BCUT2D eigenvalue weighted by Crippen LogP contribution is -2.53. The minimum absolute atomic E-state index is 0.176. The van der Waals surface area contributed by atoms with E-state index in [9.17, 15) is 4.79 Å². The zero-order chi connectivity index (χ0) is 13.5. The molecule has 19 heavy (non-hydrogen) atoms. The quantitative estimate of drug-likeness (QED) is 0.868. The Morgan fingerprint density at radius 3 is 2.89 bits per heavy atom. The lowest BCUT2D eigenvalue weighted by atomic mass is 9.76. The first-order chi connectivity index (χ1) is 9.07. The average molecular weight is 264 g/mol. The molecule has 0 radical (unpaired) electrons. The Kier molecular flexibility index (Phi) is 3.05. The van der Waals surface area contributed by atoms with Crippen molar-refractivity contribution in [2.75, 3.05) is 5.32 Å². The molecule has 0 spiro atoms. The van der Waals surface area contributed by atoms with Crippen LogP contribution in [0.5, 0.6) is 0 Å². The molecule has 2 aliphatic carbocycles. The molecule has 6 nitrogen and oxygen atoms in total. The molecular weight excluding hydrogens is 244 g/mol. The van der Waals surface area contributed by atoms with Gasteiger partial charge in [-0.3, -0.25) is 10.1 Å². The highest BCUT2D eigenvalue weighted by Gasteiger charge is 2.39. The van der Waals surface area contributed by atoms with Gasteiger partial charge in [-0.15, -0.1) is 5.10 Å². The maximum Gasteiger partial charge on any atom is 0.322 e. The van der Waals surface area contributed by atoms with Crippen LogP contribution in [-0.4, -0.2) is 21.6 Å². The molecule has 2 fully saturated rings. The third kappa shape index (κ3) is 2.63. The molecule has 0 aromatic carbocycles. The average Bonchev–Trinajstić information content (AvgIpc) is 3.10. The second kappa shape index (κ2) is 4.59. The molecule has 2 atom stereocenters. The number of amides is 1. The predicted molar refractivity (Wildman–Crippen MR) is 69.5 cm³/mol. The van der Waals surface area contributed by atoms with E-state index in [1.54, 1.807) is 0 Å². The lowest BCUT2D eigenvalue weighted by molar-refractivity contribution is -0.122. The molecule has 6 heteroatoms. The number of aromatic nitrogens is 2. The van der Waals surface area contributed by atoms with Gasteiger partial charge < -0.3 is 10.2 Å². The minimum atomic E-state index is -0.800. The van der Waals surface area contributed by atoms with Crippen LogP contribution in [0.4, 0.5) is 6.01 Å². The van der Waals surface area contributed by atoms with E-state index < -0.39 is 5.54 Å². The van der Waals surface area contributed by atoms with Crippen LogP contribution in [-0.2, 0) is 4.79 Å². The number of rotatable bonds is 3. The molecule has 3 rings (SSSR count). The van der Waals surface area contributed by atoms with Crippen molar-refractivity contribution < 1.29 is 9.21 Å². The van der Waals surface area contributed by atoms with E-state index in [1.165, 1.54) is 0 Å². The normalized spacial score (nSPS) is 31.2. The van der Waals surface area contributed by atoms with Crippen molar-refractivity contribution >= 4 is 11.9 Å². The Balaban J connectivity index is 1.65. The number of anilines is 1. The fourth-order valence-electron chi connectivity index (χ4n) is 2.80. The summed E-state index contributed by atoms with van der Waals surface area (Å²) in [7, 11) is 0. The molecule has 0 saturated heterocycles. The van der Waals surface area contributed by atoms with Crippen LogP contribution < -0.4 is 11.1 Å². The van der Waals surface area contributed by atoms with E-state index in [0.29, 0.717) is 30.6 Å². The van der Waals surface area contributed by atoms with E-state index >= 15 is 0 Å². The lowest BCUT2D eigenvalue weighted by Gasteiger charge is -2.34. The fraction of sp³-hybridized carbons (Fsp3) is 0.769. The van der Waals surface area contributed by atoms with E-state index in [1.807, 2.05) is 0 Å². The standard InChI is InChI=1S/C13H20N4O2/c1-8-3-2-6-13(14,7-8)11(18)15-12-17-16-10(19-12)9-4-5-9/h8-9H,2-7,14H2,1H3,(H,15,17,18). The third-order valence-electron chi connectivity index (χ3n) is 4.07. The van der Waals surface area contributed by atoms with Gasteiger partial charge in [-0.05, 0) is 31.6 Å². The van der Waals surface area contributed by atoms with Crippen molar-refractivity contribution in [3.63, 3.8) is 0 Å². The molecule has 1 heterocycles. The van der Waals surface area contributed by atoms with Gasteiger partial charge in [0.15, 0.2) is 0 Å². The third-order valence-corrected chi connectivity index (χ3v) is 4.07. The number of nitrogens with zero attached hydrogens (tertiary/aromatic N) is 2. The monoisotopic (exact) mass is 264 g/mol. The Bertz CT molecular complexity index is 483. The van der Waals surface area contributed by atoms with Crippen LogP contribution in [0, 0.1) is 5.92 Å². The Labute approximate surface area is 112 Å². The second-order valence-corrected chi connectivity index (χ2v) is 6.03. The summed E-state index contributed by atoms with van der Waals surface area (Å²) in [6.45, 7) is 2.13. The summed E-state index contributed by atoms with van der Waals surface area (Å²) in [6.07, 6.45) is 5.73. The van der Waals surface area contributed by atoms with Crippen LogP contribution in [0.2, 0.25) is 0 Å². The molecule has 0 aliphatic heterocycles. The molecule has 1 aromatic rings. The van der Waals surface area contributed by atoms with Gasteiger partial charge in [0.25, 0.3) is 0 Å². The molecule has 3 N–H and O–H groups in total. The SMILES string of the molecule is CC1CCCC(N)(C(=O)Nc2nnc(C3CC3)o2)C1. The van der Waals surface area contributed by atoms with Crippen LogP contribution in [0.15, 0.2) is 4.42 Å². The molecule has 2 saturated carbocycles. The number of nitrogens with two attached hydrogens (primary N) is 1. The summed E-state index contributed by atoms with van der Waals surface area (Å²) in [5, 5.41) is 10.5. The molecule has 1 aromatic heterocycles. The summed E-state index contributed by atoms with van der Waals surface area (Å²) in [5.74, 6) is 1.29. The first-order valence-corrected chi connectivity index (χ1v) is 7.00. The number of nitrogens with one attached hydrogen (secondary N) is 1. The van der Waals surface area contributed by atoms with Crippen molar-refractivity contribution in [2.24, 2.45) is 11.7 Å². The molecular formula is C13H20N4O2. The first-order valence-electron chi connectivity index (χ1n) is 7.00. The maximum atomic E-state index is 12.3. The molecule has 1 amide bonds. The number of carbonyl (C=O) groups is 1. The summed E-state index contributed by atoms with van der Waals surface area (Å²) >= 11 is 0. The highest BCUT2D eigenvalue weighted by Crippen LogP contribution is 2.39. The maximum absolute atomic E-state index is 12.3. The number of hydrogen-bond donors (Lipinski definition) is 2. The Hall–Kier alpha value is -1.43. The Morgan fingerprint density at radius 1 is 1.42 bits per heavy atom. The van der Waals surface area contributed by atoms with Gasteiger partial charge in [-0.25, -0.2) is 0 Å². The summed E-state index contributed by atoms with van der Waals surface area (Å²) in [5.41, 5.74) is 5.42. The first kappa shape index (κ1) is 12.6. The van der Waals surface area contributed by atoms with Gasteiger partial charge in [0.05, 0.1) is 5.54 Å². The number of carbonyl (C=O) groups excluding carboxylic acids is 1. The van der Waals surface area contributed by atoms with E-state index in [-0.39, 0.29) is 11.9 Å². The van der Waals surface area contributed by atoms with Crippen LogP contribution in [0.25, 0.3) is 0 Å². The van der Waals surface area contributed by atoms with Crippen LogP contribution in [0.1, 0.15) is 57.3 Å². The van der Waals surface area contributed by atoms with Crippen LogP contribution >= 0.6 is 0 Å². The molecule has 2 unspecified atom stereocenters. The summed E-state index contributed by atoms with van der Waals surface area (Å²) in [6, 6.07) is 0.176. The van der Waals surface area contributed by atoms with Crippen molar-refractivity contribution in [3.05, 3.63) is 5.89 Å². The van der Waals surface area contributed by atoms with Crippen molar-refractivity contribution in [2.45, 2.75) is 56.9 Å². The highest BCUT2D eigenvalue weighted by molar-refractivity contribution is 5.96. The van der Waals surface area contributed by atoms with Gasteiger partial charge in [-0.2, -0.15) is 0 Å². The second-order valence-electron chi connectivity index (χ2n) is 6.03. The Morgan fingerprint density at radius 2 is 2.21 bits per heavy atom. The fourth-order valence-corrected chi connectivity index (χ4v) is 2.80.